The summed E-state index contributed by atoms with van der Waals surface area (Å²) in [6.45, 7) is 9.01. The van der Waals surface area contributed by atoms with Crippen LogP contribution in [-0.2, 0) is 23.2 Å². The molecule has 0 atom stereocenters. The van der Waals surface area contributed by atoms with E-state index in [1.807, 2.05) is 0 Å². The second kappa shape index (κ2) is 15.7. The number of ether oxygens (including phenoxy) is 2. The van der Waals surface area contributed by atoms with Crippen molar-refractivity contribution in [3.8, 4) is 66.1 Å². The number of halogens is 6. The van der Waals surface area contributed by atoms with E-state index in [1.54, 1.807) is 47.7 Å². The second-order valence-corrected chi connectivity index (χ2v) is 20.8. The Balaban J connectivity index is 1.12. The highest BCUT2D eigenvalue weighted by Gasteiger charge is 2.40. The standard InChI is InChI=1S/C62H40F6N2O2S/c1-59(2)43-19-7-5-15-37(43)51-39(17-13-23-47(51)59)57-55-56(58(73-57)40-18-14-24-48-52(40)38-16-6-8-20-44(38)60(48,3)4)70-54-36-30-28-34(72-50-26-12-10-22-46(50)62(66,67)68)32-42(36)41-31-33(27-29-35(41)53(54)69-55)71-49-25-11-9-21-45(49)61(63,64)65/h5-32H,1-4H3. The van der Waals surface area contributed by atoms with Crippen LogP contribution in [0.3, 0.4) is 0 Å². The van der Waals surface area contributed by atoms with E-state index in [0.717, 1.165) is 55.3 Å². The summed E-state index contributed by atoms with van der Waals surface area (Å²) >= 11 is 1.65. The topological polar surface area (TPSA) is 44.2 Å². The summed E-state index contributed by atoms with van der Waals surface area (Å²) in [5.74, 6) is -0.563. The number of benzene rings is 9. The van der Waals surface area contributed by atoms with E-state index < -0.39 is 23.5 Å². The number of para-hydroxylation sites is 2. The molecule has 2 aliphatic carbocycles. The van der Waals surface area contributed by atoms with Gasteiger partial charge in [-0.1, -0.05) is 137 Å². The second-order valence-electron chi connectivity index (χ2n) is 19.8. The number of thiophene rings is 1. The Morgan fingerprint density at radius 1 is 0.384 bits per heavy atom. The minimum absolute atomic E-state index is 0.105. The Hall–Kier alpha value is -8.02. The molecule has 2 aliphatic rings. The summed E-state index contributed by atoms with van der Waals surface area (Å²) in [5, 5.41) is 2.23. The number of hydrogen-bond acceptors (Lipinski definition) is 5. The van der Waals surface area contributed by atoms with Gasteiger partial charge in [-0.2, -0.15) is 26.3 Å². The fourth-order valence-corrected chi connectivity index (χ4v) is 12.7. The fraction of sp³-hybridized carbons (Fsp3) is 0.129. The van der Waals surface area contributed by atoms with Gasteiger partial charge in [-0.3, -0.25) is 0 Å². The third-order valence-corrected chi connectivity index (χ3v) is 16.1. The molecule has 13 rings (SSSR count). The third kappa shape index (κ3) is 6.81. The van der Waals surface area contributed by atoms with Crippen LogP contribution in [0, 0.1) is 0 Å². The molecule has 0 amide bonds. The SMILES string of the molecule is CC1(C)c2ccccc2-c2c(-c3sc(-c4cccc5c4-c4ccccc4C5(C)C)c4nc5c6ccc(Oc7ccccc7C(F)(F)F)cc6c6cc(Oc7ccccc7C(F)(F)F)ccc6c5nc34)cccc21. The van der Waals surface area contributed by atoms with Crippen LogP contribution < -0.4 is 9.47 Å². The van der Waals surface area contributed by atoms with E-state index in [9.17, 15) is 26.3 Å². The van der Waals surface area contributed by atoms with Crippen LogP contribution in [0.5, 0.6) is 23.0 Å². The van der Waals surface area contributed by atoms with Gasteiger partial charge in [0, 0.05) is 32.7 Å². The molecule has 0 saturated heterocycles. The molecule has 0 N–H and O–H groups in total. The molecule has 0 fully saturated rings. The number of fused-ring (bicyclic) bond motifs is 13. The fourth-order valence-electron chi connectivity index (χ4n) is 11.4. The summed E-state index contributed by atoms with van der Waals surface area (Å²) < 4.78 is 97.7. The van der Waals surface area contributed by atoms with E-state index in [2.05, 4.69) is 113 Å². The van der Waals surface area contributed by atoms with Crippen LogP contribution in [0.4, 0.5) is 26.3 Å². The molecule has 0 bridgehead atoms. The first kappa shape index (κ1) is 44.9. The van der Waals surface area contributed by atoms with Crippen LogP contribution in [0.2, 0.25) is 0 Å². The molecule has 358 valence electrons. The number of hydrogen-bond donors (Lipinski definition) is 0. The molecule has 2 aromatic heterocycles. The Morgan fingerprint density at radius 2 is 0.753 bits per heavy atom. The molecule has 0 aliphatic heterocycles. The van der Waals surface area contributed by atoms with Crippen LogP contribution in [-0.4, -0.2) is 9.97 Å². The van der Waals surface area contributed by atoms with E-state index in [-0.39, 0.29) is 33.8 Å². The van der Waals surface area contributed by atoms with Gasteiger partial charge in [-0.05, 0) is 116 Å². The monoisotopic (exact) mass is 990 g/mol. The molecule has 0 spiro atoms. The van der Waals surface area contributed by atoms with E-state index in [4.69, 9.17) is 19.4 Å². The first-order valence-corrected chi connectivity index (χ1v) is 24.6. The summed E-state index contributed by atoms with van der Waals surface area (Å²) in [6, 6.07) is 49.9. The smallest absolute Gasteiger partial charge is 0.419 e. The van der Waals surface area contributed by atoms with Gasteiger partial charge in [0.05, 0.1) is 31.9 Å². The Bertz CT molecular complexity index is 3890. The molecule has 2 heterocycles. The summed E-state index contributed by atoms with van der Waals surface area (Å²) in [6.07, 6.45) is -9.38. The highest BCUT2D eigenvalue weighted by atomic mass is 32.1. The normalized spacial score (nSPS) is 14.4. The molecule has 0 radical (unpaired) electrons. The minimum Gasteiger partial charge on any atom is -0.457 e. The maximum Gasteiger partial charge on any atom is 0.419 e. The predicted molar refractivity (Wildman–Crippen MR) is 279 cm³/mol. The molecule has 11 heteroatoms. The van der Waals surface area contributed by atoms with E-state index >= 15 is 0 Å². The van der Waals surface area contributed by atoms with E-state index in [0.29, 0.717) is 43.6 Å². The Kier molecular flexibility index (Phi) is 9.68. The van der Waals surface area contributed by atoms with Crippen molar-refractivity contribution in [2.45, 2.75) is 50.9 Å². The van der Waals surface area contributed by atoms with Crippen molar-refractivity contribution < 1.29 is 35.8 Å². The van der Waals surface area contributed by atoms with Crippen molar-refractivity contribution in [2.24, 2.45) is 0 Å². The van der Waals surface area contributed by atoms with Gasteiger partial charge < -0.3 is 9.47 Å². The van der Waals surface area contributed by atoms with E-state index in [1.165, 1.54) is 58.7 Å². The van der Waals surface area contributed by atoms with Gasteiger partial charge in [0.25, 0.3) is 0 Å². The summed E-state index contributed by atoms with van der Waals surface area (Å²) in [7, 11) is 0. The highest BCUT2D eigenvalue weighted by Crippen LogP contribution is 2.58. The zero-order valence-corrected chi connectivity index (χ0v) is 40.4. The van der Waals surface area contributed by atoms with Gasteiger partial charge in [0.1, 0.15) is 34.0 Å². The lowest BCUT2D eigenvalue weighted by atomic mass is 9.82. The first-order valence-electron chi connectivity index (χ1n) is 23.8. The molecule has 73 heavy (non-hydrogen) atoms. The number of nitrogens with zero attached hydrogens (tertiary/aromatic N) is 2. The zero-order chi connectivity index (χ0) is 50.3. The molecule has 4 nitrogen and oxygen atoms in total. The average Bonchev–Trinajstić information content (AvgIpc) is 3.95. The highest BCUT2D eigenvalue weighted by molar-refractivity contribution is 7.21. The van der Waals surface area contributed by atoms with Gasteiger partial charge in [-0.15, -0.1) is 11.3 Å². The molecule has 0 unspecified atom stereocenters. The van der Waals surface area contributed by atoms with Crippen LogP contribution in [0.1, 0.15) is 61.1 Å². The largest absolute Gasteiger partial charge is 0.457 e. The number of aromatic nitrogens is 2. The zero-order valence-electron chi connectivity index (χ0n) is 39.6. The first-order chi connectivity index (χ1) is 35.0. The number of alkyl halides is 6. The maximum absolute atomic E-state index is 14.3. The average molecular weight is 991 g/mol. The Morgan fingerprint density at radius 3 is 1.18 bits per heavy atom. The van der Waals surface area contributed by atoms with Crippen molar-refractivity contribution in [3.05, 3.63) is 203 Å². The maximum atomic E-state index is 14.3. The van der Waals surface area contributed by atoms with Gasteiger partial charge in [0.15, 0.2) is 0 Å². The lowest BCUT2D eigenvalue weighted by molar-refractivity contribution is -0.139. The van der Waals surface area contributed by atoms with Crippen LogP contribution in [0.25, 0.3) is 86.7 Å². The van der Waals surface area contributed by atoms with Crippen molar-refractivity contribution in [3.63, 3.8) is 0 Å². The Labute approximate surface area is 419 Å². The predicted octanol–water partition coefficient (Wildman–Crippen LogP) is 18.7. The number of rotatable bonds is 6. The third-order valence-electron chi connectivity index (χ3n) is 14.9. The van der Waals surface area contributed by atoms with Crippen molar-refractivity contribution >= 4 is 54.9 Å². The molecule has 0 saturated carbocycles. The van der Waals surface area contributed by atoms with Gasteiger partial charge in [0.2, 0.25) is 0 Å². The van der Waals surface area contributed by atoms with Crippen molar-refractivity contribution in [1.82, 2.24) is 9.97 Å². The van der Waals surface area contributed by atoms with Crippen LogP contribution >= 0.6 is 11.3 Å². The summed E-state index contributed by atoms with van der Waals surface area (Å²) in [4.78, 5) is 13.2. The molecular formula is C62H40F6N2O2S. The quantitative estimate of drug-likeness (QED) is 0.123. The van der Waals surface area contributed by atoms with Crippen molar-refractivity contribution in [2.75, 3.05) is 0 Å². The van der Waals surface area contributed by atoms with Crippen molar-refractivity contribution in [1.29, 1.82) is 0 Å². The molecule has 9 aromatic carbocycles. The van der Waals surface area contributed by atoms with Gasteiger partial charge in [-0.25, -0.2) is 9.97 Å². The summed E-state index contributed by atoms with van der Waals surface area (Å²) in [5.41, 5.74) is 11.4. The molecular weight excluding hydrogens is 951 g/mol. The van der Waals surface area contributed by atoms with Gasteiger partial charge >= 0.3 is 12.4 Å². The minimum atomic E-state index is -4.69. The lowest BCUT2D eigenvalue weighted by Crippen LogP contribution is -2.14. The lowest BCUT2D eigenvalue weighted by Gasteiger charge is -2.21. The van der Waals surface area contributed by atoms with Crippen LogP contribution in [0.15, 0.2) is 170 Å². The molecule has 11 aromatic rings.